The van der Waals surface area contributed by atoms with Crippen molar-refractivity contribution in [2.45, 2.75) is 33.2 Å². The molecule has 0 saturated carbocycles. The first-order chi connectivity index (χ1) is 12.3. The minimum Gasteiger partial charge on any atom is -0.284 e. The van der Waals surface area contributed by atoms with E-state index in [9.17, 15) is 0 Å². The maximum Gasteiger partial charge on any atom is 0.0646 e. The average molecular weight is 327 g/mol. The predicted molar refractivity (Wildman–Crippen MR) is 109 cm³/mol. The molecule has 2 aromatic carbocycles. The van der Waals surface area contributed by atoms with E-state index >= 15 is 0 Å². The van der Waals surface area contributed by atoms with Crippen LogP contribution < -0.4 is 0 Å². The van der Waals surface area contributed by atoms with Crippen LogP contribution in [0.4, 0.5) is 0 Å². The van der Waals surface area contributed by atoms with Crippen LogP contribution in [0.15, 0.2) is 89.5 Å². The van der Waals surface area contributed by atoms with Crippen molar-refractivity contribution in [2.24, 2.45) is 4.99 Å². The van der Waals surface area contributed by atoms with Gasteiger partial charge in [-0.05, 0) is 54.2 Å². The Hall–Kier alpha value is -2.67. The number of hydrogen-bond donors (Lipinski definition) is 0. The second-order valence-corrected chi connectivity index (χ2v) is 6.24. The van der Waals surface area contributed by atoms with Gasteiger partial charge in [-0.25, -0.2) is 0 Å². The molecule has 1 nitrogen and oxygen atoms in total. The van der Waals surface area contributed by atoms with Crippen molar-refractivity contribution in [3.8, 4) is 11.1 Å². The van der Waals surface area contributed by atoms with E-state index < -0.39 is 0 Å². The van der Waals surface area contributed by atoms with Gasteiger partial charge in [-0.2, -0.15) is 0 Å². The fraction of sp³-hybridized carbons (Fsp3) is 0.208. The summed E-state index contributed by atoms with van der Waals surface area (Å²) in [5, 5.41) is 0. The van der Waals surface area contributed by atoms with Crippen molar-refractivity contribution >= 4 is 5.71 Å². The second kappa shape index (κ2) is 8.43. The van der Waals surface area contributed by atoms with Crippen LogP contribution in [0, 0.1) is 0 Å². The van der Waals surface area contributed by atoms with E-state index in [0.29, 0.717) is 0 Å². The third-order valence-electron chi connectivity index (χ3n) is 4.56. The zero-order valence-electron chi connectivity index (χ0n) is 15.1. The lowest BCUT2D eigenvalue weighted by molar-refractivity contribution is 1.03. The minimum absolute atomic E-state index is 0.738. The highest BCUT2D eigenvalue weighted by Gasteiger charge is 2.08. The molecule has 0 spiro atoms. The summed E-state index contributed by atoms with van der Waals surface area (Å²) < 4.78 is 0. The second-order valence-electron chi connectivity index (χ2n) is 6.24. The van der Waals surface area contributed by atoms with E-state index in [4.69, 9.17) is 4.99 Å². The normalized spacial score (nSPS) is 16.6. The molecule has 1 heterocycles. The Morgan fingerprint density at radius 2 is 1.68 bits per heavy atom. The number of nitrogens with zero attached hydrogens (tertiary/aromatic N) is 1. The maximum absolute atomic E-state index is 4.95. The monoisotopic (exact) mass is 327 g/mol. The van der Waals surface area contributed by atoms with Crippen LogP contribution in [-0.4, -0.2) is 5.71 Å². The molecule has 0 radical (unpaired) electrons. The van der Waals surface area contributed by atoms with Gasteiger partial charge in [0.2, 0.25) is 0 Å². The van der Waals surface area contributed by atoms with E-state index in [1.807, 2.05) is 0 Å². The molecule has 0 bridgehead atoms. The Labute approximate surface area is 151 Å². The fourth-order valence-electron chi connectivity index (χ4n) is 3.18. The Morgan fingerprint density at radius 3 is 2.44 bits per heavy atom. The molecular formula is C24H25N. The summed E-state index contributed by atoms with van der Waals surface area (Å²) >= 11 is 0. The van der Waals surface area contributed by atoms with Gasteiger partial charge >= 0.3 is 0 Å². The lowest BCUT2D eigenvalue weighted by Crippen LogP contribution is -2.01. The lowest BCUT2D eigenvalue weighted by atomic mass is 9.97. The summed E-state index contributed by atoms with van der Waals surface area (Å²) in [6.07, 6.45) is 12.7. The van der Waals surface area contributed by atoms with Crippen LogP contribution in [-0.2, 0) is 13.0 Å². The SMILES string of the molecule is C/C=C/C(=C\C)C1=NCc2cc(-c3ccccc3)ccc2C/C=C\C1. The molecule has 0 saturated heterocycles. The zero-order chi connectivity index (χ0) is 17.5. The van der Waals surface area contributed by atoms with E-state index in [1.165, 1.54) is 27.8 Å². The Bertz CT molecular complexity index is 836. The van der Waals surface area contributed by atoms with Gasteiger partial charge in [0.05, 0.1) is 6.54 Å². The minimum atomic E-state index is 0.738. The largest absolute Gasteiger partial charge is 0.284 e. The van der Waals surface area contributed by atoms with Crippen molar-refractivity contribution in [3.05, 3.63) is 95.6 Å². The molecule has 1 aliphatic rings. The molecule has 2 aromatic rings. The van der Waals surface area contributed by atoms with Crippen molar-refractivity contribution < 1.29 is 0 Å². The summed E-state index contributed by atoms with van der Waals surface area (Å²) in [5.74, 6) is 0. The van der Waals surface area contributed by atoms with Gasteiger partial charge in [-0.1, -0.05) is 72.8 Å². The summed E-state index contributed by atoms with van der Waals surface area (Å²) in [6, 6.07) is 17.3. The van der Waals surface area contributed by atoms with E-state index in [0.717, 1.165) is 25.1 Å². The number of allylic oxidation sites excluding steroid dienone is 6. The summed E-state index contributed by atoms with van der Waals surface area (Å²) in [7, 11) is 0. The number of benzene rings is 2. The first-order valence-electron chi connectivity index (χ1n) is 8.96. The molecule has 0 atom stereocenters. The van der Waals surface area contributed by atoms with Crippen molar-refractivity contribution in [1.82, 2.24) is 0 Å². The van der Waals surface area contributed by atoms with Crippen LogP contribution >= 0.6 is 0 Å². The van der Waals surface area contributed by atoms with Crippen molar-refractivity contribution in [1.29, 1.82) is 0 Å². The molecule has 25 heavy (non-hydrogen) atoms. The number of aliphatic imine (C=N–C) groups is 1. The van der Waals surface area contributed by atoms with E-state index in [-0.39, 0.29) is 0 Å². The van der Waals surface area contributed by atoms with Crippen LogP contribution in [0.2, 0.25) is 0 Å². The maximum atomic E-state index is 4.95. The highest BCUT2D eigenvalue weighted by Crippen LogP contribution is 2.24. The van der Waals surface area contributed by atoms with Crippen LogP contribution in [0.5, 0.6) is 0 Å². The Kier molecular flexibility index (Phi) is 5.79. The van der Waals surface area contributed by atoms with Crippen molar-refractivity contribution in [3.63, 3.8) is 0 Å². The fourth-order valence-corrected chi connectivity index (χ4v) is 3.18. The Morgan fingerprint density at radius 1 is 0.880 bits per heavy atom. The molecule has 0 N–H and O–H groups in total. The zero-order valence-corrected chi connectivity index (χ0v) is 15.1. The number of fused-ring (bicyclic) bond motifs is 1. The first-order valence-corrected chi connectivity index (χ1v) is 8.96. The summed E-state index contributed by atoms with van der Waals surface area (Å²) in [4.78, 5) is 4.95. The van der Waals surface area contributed by atoms with Gasteiger partial charge in [0, 0.05) is 12.1 Å². The summed E-state index contributed by atoms with van der Waals surface area (Å²) in [6.45, 7) is 4.87. The van der Waals surface area contributed by atoms with Gasteiger partial charge in [0.1, 0.15) is 0 Å². The highest BCUT2D eigenvalue weighted by molar-refractivity contribution is 6.03. The number of hydrogen-bond acceptors (Lipinski definition) is 1. The van der Waals surface area contributed by atoms with Gasteiger partial charge in [-0.15, -0.1) is 0 Å². The summed E-state index contributed by atoms with van der Waals surface area (Å²) in [5.41, 5.74) is 7.59. The average Bonchev–Trinajstić information content (AvgIpc) is 2.77. The standard InChI is InChI=1S/C24H25N/c1-3-10-19(4-2)24-14-9-8-13-21-15-16-22(17-23(21)18-25-24)20-11-6-5-7-12-20/h3-12,15-17H,13-14,18H2,1-2H3/b9-8-,10-3+,19-4+,25-24?. The smallest absolute Gasteiger partial charge is 0.0646 e. The quantitative estimate of drug-likeness (QED) is 0.462. The van der Waals surface area contributed by atoms with Crippen molar-refractivity contribution in [2.75, 3.05) is 0 Å². The van der Waals surface area contributed by atoms with Crippen LogP contribution in [0.3, 0.4) is 0 Å². The highest BCUT2D eigenvalue weighted by atomic mass is 14.7. The molecule has 0 fully saturated rings. The van der Waals surface area contributed by atoms with Gasteiger partial charge in [0.25, 0.3) is 0 Å². The molecule has 3 rings (SSSR count). The molecule has 0 aliphatic carbocycles. The first kappa shape index (κ1) is 17.2. The van der Waals surface area contributed by atoms with E-state index in [1.54, 1.807) is 0 Å². The molecule has 0 amide bonds. The molecule has 0 aromatic heterocycles. The molecule has 0 unspecified atom stereocenters. The van der Waals surface area contributed by atoms with Crippen LogP contribution in [0.1, 0.15) is 31.4 Å². The molecule has 1 aliphatic heterocycles. The topological polar surface area (TPSA) is 12.4 Å². The molecular weight excluding hydrogens is 302 g/mol. The third kappa shape index (κ3) is 4.24. The molecule has 1 heteroatoms. The Balaban J connectivity index is 1.98. The lowest BCUT2D eigenvalue weighted by Gasteiger charge is -2.10. The molecule has 126 valence electrons. The van der Waals surface area contributed by atoms with Gasteiger partial charge in [-0.3, -0.25) is 4.99 Å². The van der Waals surface area contributed by atoms with Gasteiger partial charge < -0.3 is 0 Å². The number of rotatable bonds is 3. The third-order valence-corrected chi connectivity index (χ3v) is 4.56. The van der Waals surface area contributed by atoms with Crippen LogP contribution in [0.25, 0.3) is 11.1 Å². The van der Waals surface area contributed by atoms with Gasteiger partial charge in [0.15, 0.2) is 0 Å². The van der Waals surface area contributed by atoms with E-state index in [2.05, 4.69) is 92.8 Å². The predicted octanol–water partition coefficient (Wildman–Crippen LogP) is 6.32.